The second kappa shape index (κ2) is 4.76. The fraction of sp³-hybridized carbons (Fsp3) is 0.636. The zero-order valence-corrected chi connectivity index (χ0v) is 9.59. The summed E-state index contributed by atoms with van der Waals surface area (Å²) in [6, 6.07) is 0.102. The van der Waals surface area contributed by atoms with Crippen molar-refractivity contribution in [3.05, 3.63) is 23.9 Å². The van der Waals surface area contributed by atoms with Crippen LogP contribution >= 0.6 is 0 Å². The lowest BCUT2D eigenvalue weighted by Crippen LogP contribution is -2.14. The van der Waals surface area contributed by atoms with Crippen LogP contribution in [0, 0.1) is 0 Å². The third-order valence-electron chi connectivity index (χ3n) is 2.67. The highest BCUT2D eigenvalue weighted by Crippen LogP contribution is 2.27. The lowest BCUT2D eigenvalue weighted by atomic mass is 10.1. The van der Waals surface area contributed by atoms with Gasteiger partial charge in [-0.2, -0.15) is 4.98 Å². The van der Waals surface area contributed by atoms with E-state index in [1.165, 1.54) is 0 Å². The highest BCUT2D eigenvalue weighted by molar-refractivity contribution is 5.15. The molecule has 5 heteroatoms. The number of hydrogen-bond acceptors (Lipinski definition) is 5. The molecule has 88 valence electrons. The summed E-state index contributed by atoms with van der Waals surface area (Å²) in [4.78, 5) is 4.34. The van der Waals surface area contributed by atoms with Crippen molar-refractivity contribution in [2.24, 2.45) is 5.73 Å². The van der Waals surface area contributed by atoms with Crippen LogP contribution in [0.15, 0.2) is 16.7 Å². The second-order valence-electron chi connectivity index (χ2n) is 3.98. The van der Waals surface area contributed by atoms with Gasteiger partial charge in [0.2, 0.25) is 5.89 Å². The Balaban J connectivity index is 2.05. The molecule has 16 heavy (non-hydrogen) atoms. The molecule has 0 saturated heterocycles. The quantitative estimate of drug-likeness (QED) is 0.784. The molecule has 0 spiro atoms. The van der Waals surface area contributed by atoms with Crippen molar-refractivity contribution >= 4 is 0 Å². The van der Waals surface area contributed by atoms with E-state index in [9.17, 15) is 0 Å². The van der Waals surface area contributed by atoms with E-state index in [-0.39, 0.29) is 18.1 Å². The molecule has 0 aromatic carbocycles. The van der Waals surface area contributed by atoms with Gasteiger partial charge in [-0.1, -0.05) is 17.3 Å². The molecule has 0 radical (unpaired) electrons. The fourth-order valence-corrected chi connectivity index (χ4v) is 1.80. The van der Waals surface area contributed by atoms with E-state index in [0.29, 0.717) is 18.3 Å². The molecule has 3 atom stereocenters. The molecular weight excluding hydrogens is 206 g/mol. The maximum Gasteiger partial charge on any atom is 0.233 e. The van der Waals surface area contributed by atoms with E-state index in [4.69, 9.17) is 15.0 Å². The van der Waals surface area contributed by atoms with Crippen molar-refractivity contribution < 1.29 is 9.26 Å². The average molecular weight is 223 g/mol. The molecule has 0 fully saturated rings. The number of nitrogens with two attached hydrogens (primary N) is 1. The topological polar surface area (TPSA) is 74.2 Å². The van der Waals surface area contributed by atoms with E-state index in [1.807, 2.05) is 26.0 Å². The van der Waals surface area contributed by atoms with Gasteiger partial charge in [0.15, 0.2) is 5.82 Å². The molecule has 0 bridgehead atoms. The molecule has 1 aromatic heterocycles. The van der Waals surface area contributed by atoms with Crippen molar-refractivity contribution in [2.45, 2.75) is 38.3 Å². The van der Waals surface area contributed by atoms with E-state index in [1.54, 1.807) is 0 Å². The number of nitrogens with zero attached hydrogens (tertiary/aromatic N) is 2. The Labute approximate surface area is 94.7 Å². The zero-order valence-electron chi connectivity index (χ0n) is 9.59. The van der Waals surface area contributed by atoms with Gasteiger partial charge >= 0.3 is 0 Å². The Morgan fingerprint density at radius 1 is 1.62 bits per heavy atom. The molecule has 3 unspecified atom stereocenters. The predicted molar refractivity (Wildman–Crippen MR) is 58.8 cm³/mol. The Kier molecular flexibility index (Phi) is 3.36. The molecule has 1 aliphatic rings. The maximum absolute atomic E-state index is 5.78. The van der Waals surface area contributed by atoms with Crippen LogP contribution in [0.2, 0.25) is 0 Å². The highest BCUT2D eigenvalue weighted by atomic mass is 16.5. The first kappa shape index (κ1) is 11.3. The van der Waals surface area contributed by atoms with Crippen LogP contribution in [0.5, 0.6) is 0 Å². The van der Waals surface area contributed by atoms with Crippen molar-refractivity contribution in [1.82, 2.24) is 10.1 Å². The molecule has 0 aliphatic heterocycles. The van der Waals surface area contributed by atoms with Crippen molar-refractivity contribution in [3.8, 4) is 0 Å². The summed E-state index contributed by atoms with van der Waals surface area (Å²) in [5, 5.41) is 3.92. The first-order valence-electron chi connectivity index (χ1n) is 5.59. The molecule has 2 N–H and O–H groups in total. The normalized spacial score (nSPS) is 26.2. The predicted octanol–water partition coefficient (Wildman–Crippen LogP) is 1.54. The van der Waals surface area contributed by atoms with Crippen LogP contribution in [-0.2, 0) is 4.74 Å². The van der Waals surface area contributed by atoms with E-state index in [0.717, 1.165) is 6.42 Å². The molecular formula is C11H17N3O2. The van der Waals surface area contributed by atoms with Gasteiger partial charge in [-0.25, -0.2) is 0 Å². The number of hydrogen-bond donors (Lipinski definition) is 1. The molecule has 1 aliphatic carbocycles. The van der Waals surface area contributed by atoms with Crippen LogP contribution < -0.4 is 5.73 Å². The molecule has 1 aromatic rings. The van der Waals surface area contributed by atoms with E-state index >= 15 is 0 Å². The van der Waals surface area contributed by atoms with Gasteiger partial charge in [0.05, 0.1) is 5.92 Å². The summed E-state index contributed by atoms with van der Waals surface area (Å²) < 4.78 is 10.6. The minimum atomic E-state index is -0.124. The average Bonchev–Trinajstić information content (AvgIpc) is 2.85. The van der Waals surface area contributed by atoms with Crippen LogP contribution in [0.4, 0.5) is 0 Å². The lowest BCUT2D eigenvalue weighted by Gasteiger charge is -2.05. The minimum Gasteiger partial charge on any atom is -0.371 e. The smallest absolute Gasteiger partial charge is 0.233 e. The first-order chi connectivity index (χ1) is 7.70. The Bertz CT molecular complexity index is 375. The number of aromatic nitrogens is 2. The summed E-state index contributed by atoms with van der Waals surface area (Å²) >= 11 is 0. The fourth-order valence-electron chi connectivity index (χ4n) is 1.80. The van der Waals surface area contributed by atoms with E-state index in [2.05, 4.69) is 10.1 Å². The number of rotatable bonds is 4. The van der Waals surface area contributed by atoms with Crippen LogP contribution in [0.3, 0.4) is 0 Å². The zero-order chi connectivity index (χ0) is 11.5. The second-order valence-corrected chi connectivity index (χ2v) is 3.98. The van der Waals surface area contributed by atoms with Gasteiger partial charge in [-0.05, 0) is 20.3 Å². The summed E-state index contributed by atoms with van der Waals surface area (Å²) in [6.07, 6.45) is 4.71. The van der Waals surface area contributed by atoms with Gasteiger partial charge in [0, 0.05) is 12.6 Å². The first-order valence-corrected chi connectivity index (χ1v) is 5.59. The van der Waals surface area contributed by atoms with Crippen LogP contribution in [0.1, 0.15) is 44.0 Å². The highest BCUT2D eigenvalue weighted by Gasteiger charge is 2.24. The number of ether oxygens (including phenoxy) is 1. The van der Waals surface area contributed by atoms with Gasteiger partial charge in [-0.3, -0.25) is 0 Å². The van der Waals surface area contributed by atoms with E-state index < -0.39 is 0 Å². The molecule has 0 saturated carbocycles. The Hall–Kier alpha value is -1.20. The standard InChI is InChI=1S/C11H17N3O2/c1-3-15-7(2)10-13-11(16-14-10)8-4-5-9(12)6-8/h4-5,7-9H,3,6,12H2,1-2H3. The summed E-state index contributed by atoms with van der Waals surface area (Å²) in [6.45, 7) is 4.49. The summed E-state index contributed by atoms with van der Waals surface area (Å²) in [5.41, 5.74) is 5.78. The monoisotopic (exact) mass is 223 g/mol. The maximum atomic E-state index is 5.78. The summed E-state index contributed by atoms with van der Waals surface area (Å²) in [5.74, 6) is 1.39. The summed E-state index contributed by atoms with van der Waals surface area (Å²) in [7, 11) is 0. The van der Waals surface area contributed by atoms with Gasteiger partial charge in [-0.15, -0.1) is 0 Å². The van der Waals surface area contributed by atoms with Crippen LogP contribution in [0.25, 0.3) is 0 Å². The van der Waals surface area contributed by atoms with Crippen molar-refractivity contribution in [2.75, 3.05) is 6.61 Å². The molecule has 2 rings (SSSR count). The van der Waals surface area contributed by atoms with Gasteiger partial charge in [0.1, 0.15) is 6.10 Å². The lowest BCUT2D eigenvalue weighted by molar-refractivity contribution is 0.0683. The molecule has 1 heterocycles. The van der Waals surface area contributed by atoms with Crippen LogP contribution in [-0.4, -0.2) is 22.8 Å². The third-order valence-corrected chi connectivity index (χ3v) is 2.67. The Morgan fingerprint density at radius 2 is 2.44 bits per heavy atom. The third kappa shape index (κ3) is 2.31. The minimum absolute atomic E-state index is 0.102. The van der Waals surface area contributed by atoms with Gasteiger partial charge < -0.3 is 15.0 Å². The van der Waals surface area contributed by atoms with Crippen molar-refractivity contribution in [3.63, 3.8) is 0 Å². The molecule has 0 amide bonds. The van der Waals surface area contributed by atoms with Gasteiger partial charge in [0.25, 0.3) is 0 Å². The largest absolute Gasteiger partial charge is 0.371 e. The SMILES string of the molecule is CCOC(C)c1noc(C2C=CC(N)C2)n1. The Morgan fingerprint density at radius 3 is 3.06 bits per heavy atom. The van der Waals surface area contributed by atoms with Crippen molar-refractivity contribution in [1.29, 1.82) is 0 Å². The molecule has 5 nitrogen and oxygen atoms in total. The number of allylic oxidation sites excluding steroid dienone is 1.